The van der Waals surface area contributed by atoms with Crippen molar-refractivity contribution in [2.45, 2.75) is 0 Å². The Kier molecular flexibility index (Phi) is 17.8. The van der Waals surface area contributed by atoms with E-state index in [1.165, 1.54) is 38.6 Å². The zero-order chi connectivity index (χ0) is 79.4. The van der Waals surface area contributed by atoms with Gasteiger partial charge in [-0.25, -0.2) is 39.9 Å². The zero-order valence-electron chi connectivity index (χ0n) is 65.0. The Morgan fingerprint density at radius 3 is 0.717 bits per heavy atom. The van der Waals surface area contributed by atoms with Crippen molar-refractivity contribution >= 4 is 98.0 Å². The summed E-state index contributed by atoms with van der Waals surface area (Å²) in [6.45, 7) is 0. The monoisotopic (exact) mass is 1530 g/mol. The van der Waals surface area contributed by atoms with Crippen LogP contribution < -0.4 is 0 Å². The minimum atomic E-state index is 0.899. The first-order valence-electron chi connectivity index (χ1n) is 40.5. The Hall–Kier alpha value is -16.2. The largest absolute Gasteiger partial charge is 0.248 e. The molecule has 0 aliphatic heterocycles. The molecule has 0 saturated heterocycles. The van der Waals surface area contributed by atoms with Gasteiger partial charge >= 0.3 is 0 Å². The van der Waals surface area contributed by atoms with Crippen molar-refractivity contribution in [3.63, 3.8) is 0 Å². The molecule has 558 valence electrons. The van der Waals surface area contributed by atoms with Gasteiger partial charge in [-0.1, -0.05) is 334 Å². The molecule has 0 unspecified atom stereocenters. The minimum Gasteiger partial charge on any atom is -0.248 e. The van der Waals surface area contributed by atoms with Crippen LogP contribution in [0.5, 0.6) is 0 Å². The lowest BCUT2D eigenvalue weighted by Crippen LogP contribution is -1.91. The van der Waals surface area contributed by atoms with E-state index in [4.69, 9.17) is 39.9 Å². The predicted molar refractivity (Wildman–Crippen MR) is 498 cm³/mol. The van der Waals surface area contributed by atoms with E-state index in [9.17, 15) is 0 Å². The van der Waals surface area contributed by atoms with Crippen LogP contribution in [0.4, 0.5) is 0 Å². The van der Waals surface area contributed by atoms with Gasteiger partial charge in [0.2, 0.25) is 0 Å². The summed E-state index contributed by atoms with van der Waals surface area (Å²) in [6.07, 6.45) is 0. The molecule has 23 aromatic rings. The molecule has 0 bridgehead atoms. The van der Waals surface area contributed by atoms with Gasteiger partial charge < -0.3 is 0 Å². The molecule has 120 heavy (non-hydrogen) atoms. The quantitative estimate of drug-likeness (QED) is 0.111. The summed E-state index contributed by atoms with van der Waals surface area (Å²) in [4.78, 5) is 41.2. The molecule has 8 heteroatoms. The highest BCUT2D eigenvalue weighted by Gasteiger charge is 2.17. The van der Waals surface area contributed by atoms with Crippen LogP contribution >= 0.6 is 0 Å². The molecule has 8 heterocycles. The summed E-state index contributed by atoms with van der Waals surface area (Å²) in [5, 5.41) is 11.1. The number of hydrogen-bond acceptors (Lipinski definition) is 8. The van der Waals surface area contributed by atoms with Crippen LogP contribution in [0.3, 0.4) is 0 Å². The lowest BCUT2D eigenvalue weighted by molar-refractivity contribution is 1.36. The number of aromatic nitrogens is 8. The molecule has 0 atom stereocenters. The first-order valence-corrected chi connectivity index (χ1v) is 40.5. The fraction of sp³-hybridized carbons (Fsp3) is 0. The predicted octanol–water partition coefficient (Wildman–Crippen LogP) is 28.9. The molecular weight excluding hydrogens is 1460 g/mol. The molecule has 0 radical (unpaired) electrons. The molecule has 0 aliphatic carbocycles. The van der Waals surface area contributed by atoms with Gasteiger partial charge in [0, 0.05) is 87.6 Å². The van der Waals surface area contributed by atoms with Crippen molar-refractivity contribution in [3.05, 3.63) is 425 Å². The fourth-order valence-electron chi connectivity index (χ4n) is 16.7. The number of benzene rings is 15. The van der Waals surface area contributed by atoms with Crippen LogP contribution in [0.15, 0.2) is 425 Å². The molecule has 0 spiro atoms. The molecule has 0 saturated carbocycles. The molecule has 8 aromatic heterocycles. The summed E-state index contributed by atoms with van der Waals surface area (Å²) in [5.74, 6) is 0. The number of fused-ring (bicyclic) bond motifs is 11. The van der Waals surface area contributed by atoms with Gasteiger partial charge in [-0.05, 0) is 146 Å². The number of rotatable bonds is 12. The number of hydrogen-bond donors (Lipinski definition) is 0. The fourth-order valence-corrected chi connectivity index (χ4v) is 16.7. The van der Waals surface area contributed by atoms with Gasteiger partial charge in [-0.15, -0.1) is 0 Å². The van der Waals surface area contributed by atoms with E-state index in [-0.39, 0.29) is 0 Å². The van der Waals surface area contributed by atoms with E-state index in [0.29, 0.717) is 0 Å². The van der Waals surface area contributed by atoms with E-state index in [0.717, 1.165) is 194 Å². The lowest BCUT2D eigenvalue weighted by atomic mass is 9.93. The zero-order valence-corrected chi connectivity index (χ0v) is 65.0. The number of pyridine rings is 8. The molecule has 0 N–H and O–H groups in total. The average Bonchev–Trinajstić information content (AvgIpc) is 0.770. The minimum absolute atomic E-state index is 0.899. The van der Waals surface area contributed by atoms with Gasteiger partial charge in [0.15, 0.2) is 0 Å². The Bertz CT molecular complexity index is 7880. The third-order valence-corrected chi connectivity index (χ3v) is 23.1. The highest BCUT2D eigenvalue weighted by Crippen LogP contribution is 2.40. The van der Waals surface area contributed by atoms with Crippen LogP contribution in [0.25, 0.3) is 233 Å². The Morgan fingerprint density at radius 2 is 0.350 bits per heavy atom. The maximum absolute atomic E-state index is 5.23. The average molecular weight is 1530 g/mol. The van der Waals surface area contributed by atoms with Gasteiger partial charge in [0.25, 0.3) is 0 Å². The SMILES string of the molecule is c1ccc(-c2cc(-c3ccccc3)cc(-c3ccc4ccc(-c5ccc6ccc(-c7ccc(-c8ccc9ccc%10ccc(-c%11ccccc%11)nc%10c9n8)cc7)nc6c5)nc4c3)c2)cc1.c1ccc(-c2ccc3ccc4ccc(-c5ccc(-c6ccc7ccc(-c8ccc9ccc(-c%10cccc%11ccccc%10%11)cc9n8)cc7n6)cc5)nc4c3n2)cc1. The maximum Gasteiger partial charge on any atom is 0.0972 e. The molecule has 23 rings (SSSR count). The van der Waals surface area contributed by atoms with E-state index >= 15 is 0 Å². The van der Waals surface area contributed by atoms with Crippen LogP contribution in [0.2, 0.25) is 0 Å². The highest BCUT2D eigenvalue weighted by atomic mass is 14.8. The summed E-state index contributed by atoms with van der Waals surface area (Å²) in [5.41, 5.74) is 32.6. The molecule has 8 nitrogen and oxygen atoms in total. The van der Waals surface area contributed by atoms with Gasteiger partial charge in [-0.2, -0.15) is 0 Å². The summed E-state index contributed by atoms with van der Waals surface area (Å²) < 4.78 is 0. The van der Waals surface area contributed by atoms with Crippen molar-refractivity contribution in [3.8, 4) is 135 Å². The Morgan fingerprint density at radius 1 is 0.117 bits per heavy atom. The normalized spacial score (nSPS) is 11.5. The smallest absolute Gasteiger partial charge is 0.0972 e. The molecule has 0 fully saturated rings. The topological polar surface area (TPSA) is 103 Å². The van der Waals surface area contributed by atoms with E-state index in [1.54, 1.807) is 0 Å². The van der Waals surface area contributed by atoms with Gasteiger partial charge in [0.1, 0.15) is 0 Å². The summed E-state index contributed by atoms with van der Waals surface area (Å²) >= 11 is 0. The third kappa shape index (κ3) is 13.7. The molecule has 0 aliphatic rings. The van der Waals surface area contributed by atoms with Crippen molar-refractivity contribution in [1.82, 2.24) is 39.9 Å². The first-order chi connectivity index (χ1) is 59.3. The van der Waals surface area contributed by atoms with Crippen molar-refractivity contribution in [2.75, 3.05) is 0 Å². The van der Waals surface area contributed by atoms with Crippen LogP contribution in [-0.4, -0.2) is 39.9 Å². The second kappa shape index (κ2) is 30.2. The van der Waals surface area contributed by atoms with Crippen molar-refractivity contribution in [1.29, 1.82) is 0 Å². The molecular formula is C112H70N8. The second-order valence-corrected chi connectivity index (χ2v) is 30.6. The van der Waals surface area contributed by atoms with Gasteiger partial charge in [-0.3, -0.25) is 0 Å². The van der Waals surface area contributed by atoms with Crippen LogP contribution in [0.1, 0.15) is 0 Å². The van der Waals surface area contributed by atoms with E-state index in [2.05, 4.69) is 388 Å². The lowest BCUT2D eigenvalue weighted by Gasteiger charge is -2.12. The van der Waals surface area contributed by atoms with Crippen LogP contribution in [0, 0.1) is 0 Å². The first kappa shape index (κ1) is 70.5. The van der Waals surface area contributed by atoms with E-state index < -0.39 is 0 Å². The van der Waals surface area contributed by atoms with E-state index in [1.807, 2.05) is 36.4 Å². The second-order valence-electron chi connectivity index (χ2n) is 30.6. The van der Waals surface area contributed by atoms with Crippen molar-refractivity contribution in [2.24, 2.45) is 0 Å². The molecule has 0 amide bonds. The summed E-state index contributed by atoms with van der Waals surface area (Å²) in [6, 6.07) is 149. The van der Waals surface area contributed by atoms with Crippen LogP contribution in [-0.2, 0) is 0 Å². The Labute approximate surface area is 692 Å². The van der Waals surface area contributed by atoms with Crippen molar-refractivity contribution < 1.29 is 0 Å². The van der Waals surface area contributed by atoms with Gasteiger partial charge in [0.05, 0.1) is 89.7 Å². The summed E-state index contributed by atoms with van der Waals surface area (Å²) in [7, 11) is 0. The highest BCUT2D eigenvalue weighted by molar-refractivity contribution is 6.06. The maximum atomic E-state index is 5.23. The molecule has 15 aromatic carbocycles. The third-order valence-electron chi connectivity index (χ3n) is 23.1. The Balaban J connectivity index is 0.000000145. The standard InChI is InChI=1S/C60H38N4.C52H32N4/c1-4-10-39(11-5-1)50-34-51(40-12-6-2-7-13-40)36-52(35-50)48-24-20-44-27-31-56(62-57(44)37-48)49-25-21-45-26-30-53(61-58(45)38-49)42-16-18-43(19-17-42)55-33-29-47-23-22-46-28-32-54(41-14-8-3-9-15-41)63-59(46)60(47)64-55;1-2-8-34(9-3-1)46-29-25-39-19-20-40-26-30-47(56-52(40)51(39)55-46)36-15-13-35(14-16-36)45-27-23-38-18-22-42(32-50(38)53-45)48-28-24-37-17-21-41(31-49(37)54-48)44-12-6-10-33-7-4-5-11-43(33)44/h1-38H;1-32H. The number of nitrogens with zero attached hydrogens (tertiary/aromatic N) is 8.